The third-order valence-corrected chi connectivity index (χ3v) is 1.99. The number of rotatable bonds is 7. The van der Waals surface area contributed by atoms with Gasteiger partial charge in [-0.3, -0.25) is 4.79 Å². The lowest BCUT2D eigenvalue weighted by atomic mass is 10.3. The van der Waals surface area contributed by atoms with Crippen molar-refractivity contribution >= 4 is 24.5 Å². The van der Waals surface area contributed by atoms with Crippen LogP contribution in [0.15, 0.2) is 0 Å². The Morgan fingerprint density at radius 1 is 1.31 bits per heavy atom. The first-order chi connectivity index (χ1) is 7.47. The Balaban J connectivity index is 3.80. The molecule has 0 aromatic heterocycles. The predicted octanol–water partition coefficient (Wildman–Crippen LogP) is 0.389. The molecule has 5 nitrogen and oxygen atoms in total. The van der Waals surface area contributed by atoms with Gasteiger partial charge in [0.1, 0.15) is 12.6 Å². The molecule has 0 aromatic rings. The predicted molar refractivity (Wildman–Crippen MR) is 63.5 cm³/mol. The third kappa shape index (κ3) is 7.53. The lowest BCUT2D eigenvalue weighted by molar-refractivity contribution is -0.148. The number of carbonyl (C=O) groups excluding carboxylic acids is 2. The highest BCUT2D eigenvalue weighted by Gasteiger charge is 2.18. The summed E-state index contributed by atoms with van der Waals surface area (Å²) in [5.41, 5.74) is 0. The van der Waals surface area contributed by atoms with E-state index in [1.807, 2.05) is 13.8 Å². The maximum Gasteiger partial charge on any atom is 0.329 e. The Bertz CT molecular complexity index is 233. The molecular formula is C10H19NO4S. The highest BCUT2D eigenvalue weighted by molar-refractivity contribution is 7.80. The second-order valence-electron chi connectivity index (χ2n) is 3.52. The van der Waals surface area contributed by atoms with Gasteiger partial charge >= 0.3 is 5.97 Å². The summed E-state index contributed by atoms with van der Waals surface area (Å²) in [7, 11) is 0. The molecule has 0 saturated heterocycles. The number of hydrogen-bond acceptors (Lipinski definition) is 5. The summed E-state index contributed by atoms with van der Waals surface area (Å²) in [6.07, 6.45) is 0.106. The lowest BCUT2D eigenvalue weighted by Crippen LogP contribution is -2.42. The Morgan fingerprint density at radius 2 is 1.94 bits per heavy atom. The maximum absolute atomic E-state index is 11.4. The van der Waals surface area contributed by atoms with E-state index in [4.69, 9.17) is 9.47 Å². The summed E-state index contributed by atoms with van der Waals surface area (Å²) < 4.78 is 10.1. The average molecular weight is 249 g/mol. The zero-order chi connectivity index (χ0) is 12.6. The first-order valence-electron chi connectivity index (χ1n) is 5.13. The highest BCUT2D eigenvalue weighted by Crippen LogP contribution is 1.94. The van der Waals surface area contributed by atoms with Crippen LogP contribution in [0.4, 0.5) is 0 Å². The van der Waals surface area contributed by atoms with Gasteiger partial charge in [-0.25, -0.2) is 4.79 Å². The van der Waals surface area contributed by atoms with E-state index in [0.29, 0.717) is 6.61 Å². The van der Waals surface area contributed by atoms with E-state index in [-0.39, 0.29) is 24.4 Å². The van der Waals surface area contributed by atoms with Crippen molar-refractivity contribution in [1.29, 1.82) is 0 Å². The summed E-state index contributed by atoms with van der Waals surface area (Å²) in [6.45, 7) is 5.67. The van der Waals surface area contributed by atoms with Gasteiger partial charge in [0.2, 0.25) is 5.91 Å². The zero-order valence-electron chi connectivity index (χ0n) is 9.86. The molecule has 0 aliphatic heterocycles. The number of esters is 1. The van der Waals surface area contributed by atoms with Crippen molar-refractivity contribution in [2.24, 2.45) is 0 Å². The number of nitrogens with one attached hydrogen (secondary N) is 1. The molecule has 0 spiro atoms. The molecule has 1 N–H and O–H groups in total. The van der Waals surface area contributed by atoms with E-state index in [0.717, 1.165) is 0 Å². The fourth-order valence-electron chi connectivity index (χ4n) is 0.951. The number of hydrogen-bond donors (Lipinski definition) is 2. The fourth-order valence-corrected chi connectivity index (χ4v) is 1.19. The Hall–Kier alpha value is -0.750. The standard InChI is InChI=1S/C10H19NO4S/c1-7(2)14-4-5-15-10(13)9(6-16)11-8(3)12/h7,9,16H,4-6H2,1-3H3,(H,11,12)/t9-/m0/s1. The van der Waals surface area contributed by atoms with Crippen LogP contribution in [0.1, 0.15) is 20.8 Å². The average Bonchev–Trinajstić information content (AvgIpc) is 2.20. The van der Waals surface area contributed by atoms with Gasteiger partial charge in [0.05, 0.1) is 12.7 Å². The van der Waals surface area contributed by atoms with Crippen molar-refractivity contribution in [3.05, 3.63) is 0 Å². The zero-order valence-corrected chi connectivity index (χ0v) is 10.8. The second kappa shape index (κ2) is 8.41. The van der Waals surface area contributed by atoms with Crippen molar-refractivity contribution in [3.63, 3.8) is 0 Å². The van der Waals surface area contributed by atoms with Gasteiger partial charge in [-0.05, 0) is 13.8 Å². The SMILES string of the molecule is CC(=O)N[C@@H](CS)C(=O)OCCOC(C)C. The second-order valence-corrected chi connectivity index (χ2v) is 3.89. The number of carbonyl (C=O) groups is 2. The van der Waals surface area contributed by atoms with Crippen LogP contribution < -0.4 is 5.32 Å². The molecule has 0 fully saturated rings. The van der Waals surface area contributed by atoms with E-state index >= 15 is 0 Å². The van der Waals surface area contributed by atoms with Gasteiger partial charge in [0.25, 0.3) is 0 Å². The van der Waals surface area contributed by atoms with E-state index in [2.05, 4.69) is 17.9 Å². The molecule has 1 amide bonds. The molecule has 0 aromatic carbocycles. The van der Waals surface area contributed by atoms with Crippen LogP contribution in [0.5, 0.6) is 0 Å². The Morgan fingerprint density at radius 3 is 2.38 bits per heavy atom. The number of ether oxygens (including phenoxy) is 2. The Kier molecular flexibility index (Phi) is 8.01. The van der Waals surface area contributed by atoms with Crippen LogP contribution in [0.2, 0.25) is 0 Å². The van der Waals surface area contributed by atoms with Gasteiger partial charge in [-0.1, -0.05) is 0 Å². The number of thiol groups is 1. The van der Waals surface area contributed by atoms with E-state index in [1.165, 1.54) is 6.92 Å². The van der Waals surface area contributed by atoms with Crippen molar-refractivity contribution in [2.75, 3.05) is 19.0 Å². The Labute approximate surface area is 101 Å². The number of amides is 1. The summed E-state index contributed by atoms with van der Waals surface area (Å²) in [5.74, 6) is -0.560. The fraction of sp³-hybridized carbons (Fsp3) is 0.800. The molecule has 0 unspecified atom stereocenters. The molecule has 0 saturated carbocycles. The maximum atomic E-state index is 11.4. The van der Waals surface area contributed by atoms with Gasteiger partial charge in [0, 0.05) is 12.7 Å². The van der Waals surface area contributed by atoms with Crippen molar-refractivity contribution in [3.8, 4) is 0 Å². The van der Waals surface area contributed by atoms with Crippen LogP contribution in [-0.4, -0.2) is 43.0 Å². The van der Waals surface area contributed by atoms with E-state index < -0.39 is 12.0 Å². The summed E-state index contributed by atoms with van der Waals surface area (Å²) in [6, 6.07) is -0.695. The topological polar surface area (TPSA) is 64.6 Å². The van der Waals surface area contributed by atoms with Crippen molar-refractivity contribution in [1.82, 2.24) is 5.32 Å². The molecular weight excluding hydrogens is 230 g/mol. The molecule has 0 rings (SSSR count). The van der Waals surface area contributed by atoms with E-state index in [9.17, 15) is 9.59 Å². The van der Waals surface area contributed by atoms with E-state index in [1.54, 1.807) is 0 Å². The summed E-state index contributed by atoms with van der Waals surface area (Å²) >= 11 is 3.96. The summed E-state index contributed by atoms with van der Waals surface area (Å²) in [5, 5.41) is 2.45. The normalized spacial score (nSPS) is 12.3. The largest absolute Gasteiger partial charge is 0.462 e. The minimum atomic E-state index is -0.695. The molecule has 1 atom stereocenters. The van der Waals surface area contributed by atoms with Crippen LogP contribution in [0.25, 0.3) is 0 Å². The van der Waals surface area contributed by atoms with Crippen molar-refractivity contribution in [2.45, 2.75) is 32.9 Å². The third-order valence-electron chi connectivity index (χ3n) is 1.62. The molecule has 0 heterocycles. The van der Waals surface area contributed by atoms with Crippen molar-refractivity contribution < 1.29 is 19.1 Å². The molecule has 0 aliphatic rings. The molecule has 6 heteroatoms. The lowest BCUT2D eigenvalue weighted by Gasteiger charge is -2.14. The molecule has 94 valence electrons. The molecule has 0 aliphatic carbocycles. The first-order valence-corrected chi connectivity index (χ1v) is 5.76. The van der Waals surface area contributed by atoms with Gasteiger partial charge in [-0.15, -0.1) is 0 Å². The molecule has 16 heavy (non-hydrogen) atoms. The molecule has 0 bridgehead atoms. The molecule has 0 radical (unpaired) electrons. The van der Waals surface area contributed by atoms with Crippen LogP contribution in [0.3, 0.4) is 0 Å². The summed E-state index contributed by atoms with van der Waals surface area (Å²) in [4.78, 5) is 22.2. The van der Waals surface area contributed by atoms with Gasteiger partial charge in [-0.2, -0.15) is 12.6 Å². The monoisotopic (exact) mass is 249 g/mol. The highest BCUT2D eigenvalue weighted by atomic mass is 32.1. The minimum Gasteiger partial charge on any atom is -0.462 e. The van der Waals surface area contributed by atoms with Crippen LogP contribution in [-0.2, 0) is 19.1 Å². The quantitative estimate of drug-likeness (QED) is 0.389. The van der Waals surface area contributed by atoms with Gasteiger partial charge in [0.15, 0.2) is 0 Å². The minimum absolute atomic E-state index is 0.106. The van der Waals surface area contributed by atoms with Crippen LogP contribution in [0, 0.1) is 0 Å². The smallest absolute Gasteiger partial charge is 0.329 e. The van der Waals surface area contributed by atoms with Crippen LogP contribution >= 0.6 is 12.6 Å². The van der Waals surface area contributed by atoms with Gasteiger partial charge < -0.3 is 14.8 Å². The first kappa shape index (κ1) is 15.2.